The number of para-hydroxylation sites is 1. The lowest BCUT2D eigenvalue weighted by Gasteiger charge is -2.20. The number of hydrogen-bond acceptors (Lipinski definition) is 3. The molecular weight excluding hydrogens is 230 g/mol. The molecule has 0 aliphatic rings. The highest BCUT2D eigenvalue weighted by atomic mass is 16.5. The summed E-state index contributed by atoms with van der Waals surface area (Å²) in [6, 6.07) is 9.54. The largest absolute Gasteiger partial charge is 0.480 e. The van der Waals surface area contributed by atoms with E-state index in [4.69, 9.17) is 9.84 Å². The van der Waals surface area contributed by atoms with Gasteiger partial charge in [-0.2, -0.15) is 0 Å². The molecule has 0 radical (unpaired) electrons. The van der Waals surface area contributed by atoms with E-state index in [1.807, 2.05) is 56.0 Å². The maximum Gasteiger partial charge on any atom is 0.323 e. The fraction of sp³-hybridized carbons (Fsp3) is 0.500. The number of likely N-dealkylation sites (N-methyl/N-ethyl adjacent to an activating group) is 1. The van der Waals surface area contributed by atoms with Crippen molar-refractivity contribution in [1.29, 1.82) is 0 Å². The Morgan fingerprint density at radius 1 is 1.17 bits per heavy atom. The van der Waals surface area contributed by atoms with Crippen LogP contribution in [-0.2, 0) is 9.53 Å². The Balaban J connectivity index is 0.000000494. The van der Waals surface area contributed by atoms with Gasteiger partial charge in [-0.1, -0.05) is 18.2 Å². The SMILES string of the molecule is CCN(CC(=O)O)c1ccccc1.CCOCC. The number of benzene rings is 1. The van der Waals surface area contributed by atoms with E-state index in [1.54, 1.807) is 0 Å². The zero-order valence-corrected chi connectivity index (χ0v) is 11.4. The molecule has 1 N–H and O–H groups in total. The summed E-state index contributed by atoms with van der Waals surface area (Å²) < 4.78 is 4.83. The molecule has 0 fully saturated rings. The smallest absolute Gasteiger partial charge is 0.323 e. The van der Waals surface area contributed by atoms with E-state index in [0.29, 0.717) is 6.54 Å². The molecule has 1 rings (SSSR count). The van der Waals surface area contributed by atoms with Crippen LogP contribution < -0.4 is 4.90 Å². The van der Waals surface area contributed by atoms with Gasteiger partial charge in [-0.25, -0.2) is 0 Å². The van der Waals surface area contributed by atoms with Gasteiger partial charge in [0.25, 0.3) is 0 Å². The van der Waals surface area contributed by atoms with Gasteiger partial charge in [-0.15, -0.1) is 0 Å². The molecule has 0 aliphatic carbocycles. The van der Waals surface area contributed by atoms with E-state index in [9.17, 15) is 4.79 Å². The molecule has 1 aromatic rings. The van der Waals surface area contributed by atoms with Crippen molar-refractivity contribution in [2.45, 2.75) is 20.8 Å². The van der Waals surface area contributed by atoms with Crippen LogP contribution in [0.2, 0.25) is 0 Å². The van der Waals surface area contributed by atoms with E-state index >= 15 is 0 Å². The van der Waals surface area contributed by atoms with Crippen molar-refractivity contribution < 1.29 is 14.6 Å². The monoisotopic (exact) mass is 253 g/mol. The molecule has 102 valence electrons. The second-order valence-electron chi connectivity index (χ2n) is 3.52. The van der Waals surface area contributed by atoms with Crippen LogP contribution in [-0.4, -0.2) is 37.4 Å². The molecule has 0 atom stereocenters. The Bertz CT molecular complexity index is 312. The van der Waals surface area contributed by atoms with Gasteiger partial charge in [0.05, 0.1) is 0 Å². The van der Waals surface area contributed by atoms with Crippen LogP contribution in [0.3, 0.4) is 0 Å². The molecule has 0 amide bonds. The Hall–Kier alpha value is -1.55. The number of aliphatic carboxylic acids is 1. The fourth-order valence-electron chi connectivity index (χ4n) is 1.39. The zero-order valence-electron chi connectivity index (χ0n) is 11.4. The molecule has 0 unspecified atom stereocenters. The molecule has 0 saturated carbocycles. The van der Waals surface area contributed by atoms with Gasteiger partial charge in [0, 0.05) is 25.4 Å². The lowest BCUT2D eigenvalue weighted by molar-refractivity contribution is -0.135. The number of carboxylic acids is 1. The first kappa shape index (κ1) is 16.4. The molecule has 0 heterocycles. The first-order valence-corrected chi connectivity index (χ1v) is 6.25. The first-order valence-electron chi connectivity index (χ1n) is 6.25. The molecule has 4 nitrogen and oxygen atoms in total. The Morgan fingerprint density at radius 2 is 1.72 bits per heavy atom. The number of ether oxygens (including phenoxy) is 1. The molecule has 18 heavy (non-hydrogen) atoms. The molecule has 0 aliphatic heterocycles. The number of carboxylic acid groups (broad SMARTS) is 1. The van der Waals surface area contributed by atoms with E-state index in [2.05, 4.69) is 0 Å². The summed E-state index contributed by atoms with van der Waals surface area (Å²) in [5.74, 6) is -0.800. The van der Waals surface area contributed by atoms with Gasteiger partial charge in [0.2, 0.25) is 0 Å². The van der Waals surface area contributed by atoms with Crippen LogP contribution in [0.1, 0.15) is 20.8 Å². The minimum atomic E-state index is -0.800. The van der Waals surface area contributed by atoms with Gasteiger partial charge >= 0.3 is 5.97 Å². The minimum absolute atomic E-state index is 0.0561. The van der Waals surface area contributed by atoms with Gasteiger partial charge < -0.3 is 14.7 Å². The number of nitrogens with zero attached hydrogens (tertiary/aromatic N) is 1. The van der Waals surface area contributed by atoms with Crippen molar-refractivity contribution in [2.24, 2.45) is 0 Å². The van der Waals surface area contributed by atoms with Gasteiger partial charge in [-0.05, 0) is 32.9 Å². The highest BCUT2D eigenvalue weighted by Gasteiger charge is 2.06. The average Bonchev–Trinajstić information content (AvgIpc) is 2.38. The van der Waals surface area contributed by atoms with Crippen LogP contribution in [0.4, 0.5) is 5.69 Å². The molecule has 0 saturated heterocycles. The van der Waals surface area contributed by atoms with E-state index in [-0.39, 0.29) is 6.54 Å². The standard InChI is InChI=1S/C10H13NO2.C4H10O/c1-2-11(8-10(12)13)9-6-4-3-5-7-9;1-3-5-4-2/h3-7H,2,8H2,1H3,(H,12,13);3-4H2,1-2H3. The van der Waals surface area contributed by atoms with Crippen molar-refractivity contribution in [3.05, 3.63) is 30.3 Å². The second-order valence-corrected chi connectivity index (χ2v) is 3.52. The Labute approximate surface area is 109 Å². The third-order valence-electron chi connectivity index (χ3n) is 2.24. The molecule has 0 aromatic heterocycles. The summed E-state index contributed by atoms with van der Waals surface area (Å²) in [4.78, 5) is 12.3. The van der Waals surface area contributed by atoms with Crippen LogP contribution in [0.5, 0.6) is 0 Å². The fourth-order valence-corrected chi connectivity index (χ4v) is 1.39. The lowest BCUT2D eigenvalue weighted by Crippen LogP contribution is -2.29. The van der Waals surface area contributed by atoms with Gasteiger partial charge in [0.15, 0.2) is 0 Å². The number of hydrogen-bond donors (Lipinski definition) is 1. The van der Waals surface area contributed by atoms with Crippen molar-refractivity contribution >= 4 is 11.7 Å². The summed E-state index contributed by atoms with van der Waals surface area (Å²) in [7, 11) is 0. The minimum Gasteiger partial charge on any atom is -0.480 e. The lowest BCUT2D eigenvalue weighted by atomic mass is 10.3. The second kappa shape index (κ2) is 10.6. The van der Waals surface area contributed by atoms with Crippen molar-refractivity contribution in [3.8, 4) is 0 Å². The molecule has 4 heteroatoms. The first-order chi connectivity index (χ1) is 8.65. The molecule has 1 aromatic carbocycles. The molecular formula is C14H23NO3. The summed E-state index contributed by atoms with van der Waals surface area (Å²) in [6.07, 6.45) is 0. The summed E-state index contributed by atoms with van der Waals surface area (Å²) >= 11 is 0. The highest BCUT2D eigenvalue weighted by molar-refractivity contribution is 5.73. The van der Waals surface area contributed by atoms with Gasteiger partial charge in [-0.3, -0.25) is 4.79 Å². The maximum absolute atomic E-state index is 10.5. The Kier molecular flexibility index (Phi) is 9.68. The molecule has 0 spiro atoms. The predicted molar refractivity (Wildman–Crippen MR) is 74.1 cm³/mol. The topological polar surface area (TPSA) is 49.8 Å². The van der Waals surface area contributed by atoms with Crippen molar-refractivity contribution in [2.75, 3.05) is 31.2 Å². The third-order valence-corrected chi connectivity index (χ3v) is 2.24. The summed E-state index contributed by atoms with van der Waals surface area (Å²) in [6.45, 7) is 8.37. The average molecular weight is 253 g/mol. The van der Waals surface area contributed by atoms with Crippen LogP contribution in [0.15, 0.2) is 30.3 Å². The maximum atomic E-state index is 10.5. The number of anilines is 1. The normalized spacial score (nSPS) is 9.28. The van der Waals surface area contributed by atoms with Crippen molar-refractivity contribution in [3.63, 3.8) is 0 Å². The van der Waals surface area contributed by atoms with Gasteiger partial charge in [0.1, 0.15) is 6.54 Å². The quantitative estimate of drug-likeness (QED) is 0.846. The van der Waals surface area contributed by atoms with E-state index in [1.165, 1.54) is 0 Å². The summed E-state index contributed by atoms with van der Waals surface area (Å²) in [5, 5.41) is 8.63. The Morgan fingerprint density at radius 3 is 2.06 bits per heavy atom. The number of carbonyl (C=O) groups is 1. The van der Waals surface area contributed by atoms with Crippen LogP contribution in [0, 0.1) is 0 Å². The van der Waals surface area contributed by atoms with E-state index in [0.717, 1.165) is 18.9 Å². The number of rotatable bonds is 6. The van der Waals surface area contributed by atoms with E-state index < -0.39 is 5.97 Å². The predicted octanol–water partition coefficient (Wildman–Crippen LogP) is 2.64. The zero-order chi connectivity index (χ0) is 13.8. The van der Waals surface area contributed by atoms with Crippen LogP contribution >= 0.6 is 0 Å². The highest BCUT2D eigenvalue weighted by Crippen LogP contribution is 2.11. The summed E-state index contributed by atoms with van der Waals surface area (Å²) in [5.41, 5.74) is 0.951. The van der Waals surface area contributed by atoms with Crippen molar-refractivity contribution in [1.82, 2.24) is 0 Å². The third kappa shape index (κ3) is 7.68. The van der Waals surface area contributed by atoms with Crippen LogP contribution in [0.25, 0.3) is 0 Å². The molecule has 0 bridgehead atoms.